The van der Waals surface area contributed by atoms with E-state index in [9.17, 15) is 20.4 Å². The molecule has 1 aliphatic heterocycles. The van der Waals surface area contributed by atoms with E-state index in [1.807, 2.05) is 6.07 Å². The van der Waals surface area contributed by atoms with E-state index in [1.165, 1.54) is 17.2 Å². The maximum Gasteiger partial charge on any atom is 0.167 e. The second-order valence-electron chi connectivity index (χ2n) is 8.12. The summed E-state index contributed by atoms with van der Waals surface area (Å²) in [6.07, 6.45) is 0.178. The Bertz CT molecular complexity index is 1290. The van der Waals surface area contributed by atoms with Gasteiger partial charge in [0.05, 0.1) is 12.9 Å². The second kappa shape index (κ2) is 8.60. The fourth-order valence-electron chi connectivity index (χ4n) is 4.46. The molecular weight excluding hydrogens is 428 g/mol. The molecule has 5 rings (SSSR count). The number of phenols is 1. The van der Waals surface area contributed by atoms with Gasteiger partial charge in [0.15, 0.2) is 23.2 Å². The van der Waals surface area contributed by atoms with Gasteiger partial charge in [0, 0.05) is 23.1 Å². The van der Waals surface area contributed by atoms with Crippen molar-refractivity contribution in [2.24, 2.45) is 0 Å². The van der Waals surface area contributed by atoms with Gasteiger partial charge < -0.3 is 35.5 Å². The van der Waals surface area contributed by atoms with E-state index in [0.717, 1.165) is 28.6 Å². The molecule has 4 heterocycles. The third kappa shape index (κ3) is 3.68. The average molecular weight is 454 g/mol. The Labute approximate surface area is 188 Å². The number of aryl methyl sites for hydroxylation is 1. The highest BCUT2D eigenvalue weighted by molar-refractivity contribution is 5.86. The molecule has 4 atom stereocenters. The number of hydrogen-bond acceptors (Lipinski definition) is 9. The fraction of sp³-hybridized carbons (Fsp3) is 0.409. The number of hydrogen-bond donors (Lipinski definition) is 6. The van der Waals surface area contributed by atoms with Crippen LogP contribution < -0.4 is 5.32 Å². The van der Waals surface area contributed by atoms with Crippen LogP contribution in [0.3, 0.4) is 0 Å². The van der Waals surface area contributed by atoms with Crippen LogP contribution in [-0.2, 0) is 17.6 Å². The van der Waals surface area contributed by atoms with Crippen LogP contribution in [0.25, 0.3) is 22.1 Å². The molecule has 0 aliphatic carbocycles. The number of aromatic hydroxyl groups is 1. The van der Waals surface area contributed by atoms with Gasteiger partial charge in [-0.25, -0.2) is 15.0 Å². The second-order valence-corrected chi connectivity index (χ2v) is 8.12. The first kappa shape index (κ1) is 21.6. The van der Waals surface area contributed by atoms with Crippen LogP contribution in [0.1, 0.15) is 24.4 Å². The van der Waals surface area contributed by atoms with Crippen molar-refractivity contribution in [1.29, 1.82) is 0 Å². The summed E-state index contributed by atoms with van der Waals surface area (Å²) in [5, 5.41) is 44.0. The summed E-state index contributed by atoms with van der Waals surface area (Å²) in [6.45, 7) is 2.25. The van der Waals surface area contributed by atoms with Crippen molar-refractivity contribution < 1.29 is 25.2 Å². The van der Waals surface area contributed by atoms with Gasteiger partial charge in [-0.3, -0.25) is 4.57 Å². The number of anilines is 1. The van der Waals surface area contributed by atoms with Crippen molar-refractivity contribution in [3.8, 4) is 5.75 Å². The Hall–Kier alpha value is -3.25. The summed E-state index contributed by atoms with van der Waals surface area (Å²) in [6, 6.07) is 5.31. The van der Waals surface area contributed by atoms with Gasteiger partial charge in [-0.15, -0.1) is 0 Å². The Morgan fingerprint density at radius 2 is 2.03 bits per heavy atom. The lowest BCUT2D eigenvalue weighted by Gasteiger charge is -2.16. The minimum atomic E-state index is -1.23. The number of fused-ring (bicyclic) bond motifs is 2. The molecule has 0 bridgehead atoms. The lowest BCUT2D eigenvalue weighted by Crippen LogP contribution is -2.33. The zero-order valence-electron chi connectivity index (χ0n) is 18.0. The first-order valence-electron chi connectivity index (χ1n) is 10.9. The summed E-state index contributed by atoms with van der Waals surface area (Å²) >= 11 is 0. The molecule has 0 spiro atoms. The zero-order valence-corrected chi connectivity index (χ0v) is 18.0. The van der Waals surface area contributed by atoms with Crippen LogP contribution in [0.2, 0.25) is 0 Å². The van der Waals surface area contributed by atoms with Crippen LogP contribution in [0.4, 0.5) is 5.82 Å². The van der Waals surface area contributed by atoms with Crippen LogP contribution in [0.5, 0.6) is 5.75 Å². The Morgan fingerprint density at radius 1 is 1.18 bits per heavy atom. The normalized spacial score (nSPS) is 23.0. The maximum absolute atomic E-state index is 10.3. The number of rotatable bonds is 7. The number of nitrogens with one attached hydrogen (secondary N) is 2. The molecule has 0 radical (unpaired) electrons. The molecule has 11 heteroatoms. The van der Waals surface area contributed by atoms with Crippen molar-refractivity contribution >= 4 is 27.9 Å². The Balaban J connectivity index is 1.37. The van der Waals surface area contributed by atoms with E-state index in [4.69, 9.17) is 4.74 Å². The standard InChI is InChI=1S/C22H26N6O5/c1-2-14-12(13-7-11(30)3-4-15(13)27-14)5-6-23-20-17-21(25-9-24-20)28(10-26-17)22-19(32)18(31)16(8-29)33-22/h3-4,7,9-10,16,18-19,22,27,29-32H,2,5-6,8H2,1H3,(H,23,24,25)/t16-,18-,19-,22-/m1/s1. The molecule has 33 heavy (non-hydrogen) atoms. The van der Waals surface area contributed by atoms with E-state index >= 15 is 0 Å². The van der Waals surface area contributed by atoms with Crippen molar-refractivity contribution in [2.75, 3.05) is 18.5 Å². The van der Waals surface area contributed by atoms with E-state index in [0.29, 0.717) is 29.9 Å². The van der Waals surface area contributed by atoms with E-state index in [-0.39, 0.29) is 5.75 Å². The van der Waals surface area contributed by atoms with Gasteiger partial charge >= 0.3 is 0 Å². The molecule has 174 valence electrons. The molecule has 0 saturated carbocycles. The van der Waals surface area contributed by atoms with Crippen LogP contribution in [-0.4, -0.2) is 76.4 Å². The van der Waals surface area contributed by atoms with Crippen molar-refractivity contribution in [2.45, 2.75) is 44.3 Å². The highest BCUT2D eigenvalue weighted by Crippen LogP contribution is 2.32. The molecule has 4 aromatic rings. The number of nitrogens with zero attached hydrogens (tertiary/aromatic N) is 4. The molecule has 1 aliphatic rings. The van der Waals surface area contributed by atoms with Gasteiger partial charge in [0.2, 0.25) is 0 Å². The minimum Gasteiger partial charge on any atom is -0.508 e. The molecule has 1 saturated heterocycles. The lowest BCUT2D eigenvalue weighted by atomic mass is 10.1. The summed E-state index contributed by atoms with van der Waals surface area (Å²) in [5.74, 6) is 0.762. The molecular formula is C22H26N6O5. The molecule has 6 N–H and O–H groups in total. The smallest absolute Gasteiger partial charge is 0.167 e. The third-order valence-electron chi connectivity index (χ3n) is 6.15. The van der Waals surface area contributed by atoms with Crippen molar-refractivity contribution in [3.05, 3.63) is 42.1 Å². The zero-order chi connectivity index (χ0) is 23.1. The molecule has 11 nitrogen and oxygen atoms in total. The molecule has 1 aromatic carbocycles. The molecule has 3 aromatic heterocycles. The van der Waals surface area contributed by atoms with Gasteiger partial charge in [-0.2, -0.15) is 0 Å². The third-order valence-corrected chi connectivity index (χ3v) is 6.15. The first-order valence-corrected chi connectivity index (χ1v) is 10.9. The summed E-state index contributed by atoms with van der Waals surface area (Å²) < 4.78 is 7.13. The number of benzene rings is 1. The molecule has 0 amide bonds. The largest absolute Gasteiger partial charge is 0.508 e. The predicted molar refractivity (Wildman–Crippen MR) is 120 cm³/mol. The number of imidazole rings is 1. The Kier molecular flexibility index (Phi) is 5.62. The number of ether oxygens (including phenoxy) is 1. The maximum atomic E-state index is 10.3. The average Bonchev–Trinajstić information content (AvgIpc) is 3.48. The molecule has 1 fully saturated rings. The number of aromatic amines is 1. The van der Waals surface area contributed by atoms with E-state index < -0.39 is 31.1 Å². The highest BCUT2D eigenvalue weighted by Gasteiger charge is 2.44. The summed E-state index contributed by atoms with van der Waals surface area (Å²) in [4.78, 5) is 16.4. The van der Waals surface area contributed by atoms with Crippen LogP contribution >= 0.6 is 0 Å². The van der Waals surface area contributed by atoms with Crippen LogP contribution in [0.15, 0.2) is 30.9 Å². The fourth-order valence-corrected chi connectivity index (χ4v) is 4.46. The summed E-state index contributed by atoms with van der Waals surface area (Å²) in [5.41, 5.74) is 4.19. The first-order chi connectivity index (χ1) is 16.0. The SMILES string of the molecule is CCc1[nH]c2ccc(O)cc2c1CCNc1ncnc2c1ncn2[C@@H]1O[C@H](CO)[C@@H](O)[C@H]1O. The van der Waals surface area contributed by atoms with E-state index in [2.05, 4.69) is 32.2 Å². The van der Waals surface area contributed by atoms with Crippen molar-refractivity contribution in [3.63, 3.8) is 0 Å². The predicted octanol–water partition coefficient (Wildman–Crippen LogP) is 0.842. The van der Waals surface area contributed by atoms with Crippen LogP contribution in [0, 0.1) is 0 Å². The highest BCUT2D eigenvalue weighted by atomic mass is 16.6. The Morgan fingerprint density at radius 3 is 2.79 bits per heavy atom. The van der Waals surface area contributed by atoms with Crippen molar-refractivity contribution in [1.82, 2.24) is 24.5 Å². The monoisotopic (exact) mass is 454 g/mol. The number of aromatic nitrogens is 5. The number of H-pyrrole nitrogens is 1. The van der Waals surface area contributed by atoms with Gasteiger partial charge in [0.1, 0.15) is 30.4 Å². The quantitative estimate of drug-likeness (QED) is 0.238. The van der Waals surface area contributed by atoms with E-state index in [1.54, 1.807) is 12.1 Å². The number of phenolic OH excluding ortho intramolecular Hbond substituents is 1. The van der Waals surface area contributed by atoms with Gasteiger partial charge in [0.25, 0.3) is 0 Å². The number of aliphatic hydroxyl groups is 3. The van der Waals surface area contributed by atoms with Gasteiger partial charge in [-0.05, 0) is 36.6 Å². The summed E-state index contributed by atoms with van der Waals surface area (Å²) in [7, 11) is 0. The minimum absolute atomic E-state index is 0.228. The lowest BCUT2D eigenvalue weighted by molar-refractivity contribution is -0.0511. The molecule has 0 unspecified atom stereocenters. The number of aliphatic hydroxyl groups excluding tert-OH is 3. The van der Waals surface area contributed by atoms with Gasteiger partial charge in [-0.1, -0.05) is 6.92 Å². The topological polar surface area (TPSA) is 162 Å².